The molecule has 1 N–H and O–H groups in total. The van der Waals surface area contributed by atoms with Crippen molar-refractivity contribution >= 4 is 11.6 Å². The molecular formula is C18H20ClNO. The minimum Gasteiger partial charge on any atom is -0.493 e. The van der Waals surface area contributed by atoms with Gasteiger partial charge < -0.3 is 10.1 Å². The Morgan fingerprint density at radius 2 is 2.00 bits per heavy atom. The molecule has 0 fully saturated rings. The van der Waals surface area contributed by atoms with Crippen molar-refractivity contribution in [2.75, 3.05) is 6.61 Å². The Bertz CT molecular complexity index is 609. The van der Waals surface area contributed by atoms with Crippen molar-refractivity contribution < 1.29 is 4.74 Å². The molecule has 0 spiro atoms. The van der Waals surface area contributed by atoms with Crippen LogP contribution in [0, 0.1) is 0 Å². The quantitative estimate of drug-likeness (QED) is 0.877. The van der Waals surface area contributed by atoms with Crippen LogP contribution in [0.15, 0.2) is 42.5 Å². The molecule has 1 aliphatic heterocycles. The van der Waals surface area contributed by atoms with Crippen LogP contribution in [0.25, 0.3) is 0 Å². The van der Waals surface area contributed by atoms with Gasteiger partial charge in [-0.05, 0) is 41.3 Å². The van der Waals surface area contributed by atoms with E-state index in [1.165, 1.54) is 16.7 Å². The Kier molecular flexibility index (Phi) is 4.47. The molecule has 3 rings (SSSR count). The summed E-state index contributed by atoms with van der Waals surface area (Å²) in [6.45, 7) is 3.88. The number of rotatable bonds is 5. The summed E-state index contributed by atoms with van der Waals surface area (Å²) < 4.78 is 5.55. The Labute approximate surface area is 131 Å². The van der Waals surface area contributed by atoms with Crippen molar-refractivity contribution in [2.45, 2.75) is 32.4 Å². The summed E-state index contributed by atoms with van der Waals surface area (Å²) in [5.41, 5.74) is 3.92. The van der Waals surface area contributed by atoms with E-state index in [1.807, 2.05) is 12.1 Å². The summed E-state index contributed by atoms with van der Waals surface area (Å²) in [5.74, 6) is 1.04. The maximum Gasteiger partial charge on any atom is 0.122 e. The van der Waals surface area contributed by atoms with Gasteiger partial charge in [-0.25, -0.2) is 0 Å². The normalized spacial score (nSPS) is 14.6. The van der Waals surface area contributed by atoms with Gasteiger partial charge in [0, 0.05) is 24.0 Å². The van der Waals surface area contributed by atoms with Gasteiger partial charge in [-0.3, -0.25) is 0 Å². The standard InChI is InChI=1S/C18H20ClNO/c1-2-17(14-4-6-16(19)7-5-14)20-12-13-3-8-18-15(11-13)9-10-21-18/h3-8,11,17,20H,2,9-10,12H2,1H3. The van der Waals surface area contributed by atoms with E-state index >= 15 is 0 Å². The fourth-order valence-electron chi connectivity index (χ4n) is 2.78. The first-order valence-corrected chi connectivity index (χ1v) is 7.87. The molecule has 2 aromatic rings. The molecule has 1 heterocycles. The lowest BCUT2D eigenvalue weighted by Gasteiger charge is -2.18. The minimum absolute atomic E-state index is 0.353. The zero-order valence-electron chi connectivity index (χ0n) is 12.2. The molecule has 0 saturated heterocycles. The van der Waals surface area contributed by atoms with Crippen molar-refractivity contribution in [3.8, 4) is 5.75 Å². The molecule has 110 valence electrons. The lowest BCUT2D eigenvalue weighted by molar-refractivity contribution is 0.357. The summed E-state index contributed by atoms with van der Waals surface area (Å²) in [6.07, 6.45) is 2.08. The van der Waals surface area contributed by atoms with Crippen LogP contribution in [-0.2, 0) is 13.0 Å². The average molecular weight is 302 g/mol. The maximum atomic E-state index is 5.95. The van der Waals surface area contributed by atoms with E-state index in [9.17, 15) is 0 Å². The van der Waals surface area contributed by atoms with Gasteiger partial charge >= 0.3 is 0 Å². The van der Waals surface area contributed by atoms with Gasteiger partial charge in [-0.1, -0.05) is 42.8 Å². The fourth-order valence-corrected chi connectivity index (χ4v) is 2.91. The highest BCUT2D eigenvalue weighted by Crippen LogP contribution is 2.26. The number of halogens is 1. The van der Waals surface area contributed by atoms with Crippen LogP contribution >= 0.6 is 11.6 Å². The molecule has 1 aliphatic rings. The molecule has 1 unspecified atom stereocenters. The van der Waals surface area contributed by atoms with E-state index in [1.54, 1.807) is 0 Å². The van der Waals surface area contributed by atoms with Crippen LogP contribution in [0.4, 0.5) is 0 Å². The highest BCUT2D eigenvalue weighted by molar-refractivity contribution is 6.30. The third-order valence-electron chi connectivity index (χ3n) is 3.99. The zero-order chi connectivity index (χ0) is 14.7. The zero-order valence-corrected chi connectivity index (χ0v) is 13.0. The first-order chi connectivity index (χ1) is 10.3. The van der Waals surface area contributed by atoms with Gasteiger partial charge in [0.2, 0.25) is 0 Å². The largest absolute Gasteiger partial charge is 0.493 e. The van der Waals surface area contributed by atoms with Crippen LogP contribution in [0.1, 0.15) is 36.1 Å². The van der Waals surface area contributed by atoms with Crippen molar-refractivity contribution in [3.05, 3.63) is 64.2 Å². The predicted octanol–water partition coefficient (Wildman–Crippen LogP) is 4.52. The SMILES string of the molecule is CCC(NCc1ccc2c(c1)CCO2)c1ccc(Cl)cc1. The Morgan fingerprint density at radius 1 is 1.19 bits per heavy atom. The summed E-state index contributed by atoms with van der Waals surface area (Å²) in [5, 5.41) is 4.41. The number of fused-ring (bicyclic) bond motifs is 1. The molecule has 0 aromatic heterocycles. The van der Waals surface area contributed by atoms with Gasteiger partial charge in [-0.15, -0.1) is 0 Å². The summed E-state index contributed by atoms with van der Waals surface area (Å²) in [6, 6.07) is 14.9. The second-order valence-corrected chi connectivity index (χ2v) is 5.87. The maximum absolute atomic E-state index is 5.95. The molecule has 0 saturated carbocycles. The smallest absolute Gasteiger partial charge is 0.122 e. The number of nitrogens with one attached hydrogen (secondary N) is 1. The highest BCUT2D eigenvalue weighted by Gasteiger charge is 2.13. The average Bonchev–Trinajstić information content (AvgIpc) is 2.97. The first-order valence-electron chi connectivity index (χ1n) is 7.49. The van der Waals surface area contributed by atoms with E-state index in [0.717, 1.165) is 36.8 Å². The molecule has 0 bridgehead atoms. The Morgan fingerprint density at radius 3 is 2.76 bits per heavy atom. The second-order valence-electron chi connectivity index (χ2n) is 5.43. The van der Waals surface area contributed by atoms with E-state index in [0.29, 0.717) is 6.04 Å². The van der Waals surface area contributed by atoms with Crippen LogP contribution in [-0.4, -0.2) is 6.61 Å². The molecule has 0 radical (unpaired) electrons. The van der Waals surface area contributed by atoms with Crippen molar-refractivity contribution in [1.82, 2.24) is 5.32 Å². The summed E-state index contributed by atoms with van der Waals surface area (Å²) in [4.78, 5) is 0. The molecule has 21 heavy (non-hydrogen) atoms. The minimum atomic E-state index is 0.353. The number of hydrogen-bond acceptors (Lipinski definition) is 2. The topological polar surface area (TPSA) is 21.3 Å². The number of hydrogen-bond donors (Lipinski definition) is 1. The molecule has 2 nitrogen and oxygen atoms in total. The Balaban J connectivity index is 1.66. The van der Waals surface area contributed by atoms with E-state index in [-0.39, 0.29) is 0 Å². The third-order valence-corrected chi connectivity index (χ3v) is 4.24. The monoisotopic (exact) mass is 301 g/mol. The van der Waals surface area contributed by atoms with E-state index in [2.05, 4.69) is 42.6 Å². The molecule has 1 atom stereocenters. The fraction of sp³-hybridized carbons (Fsp3) is 0.333. The van der Waals surface area contributed by atoms with Crippen LogP contribution in [0.5, 0.6) is 5.75 Å². The van der Waals surface area contributed by atoms with Crippen LogP contribution in [0.3, 0.4) is 0 Å². The lowest BCUT2D eigenvalue weighted by Crippen LogP contribution is -2.20. The predicted molar refractivity (Wildman–Crippen MR) is 87.0 cm³/mol. The number of benzene rings is 2. The second kappa shape index (κ2) is 6.50. The van der Waals surface area contributed by atoms with Gasteiger partial charge in [-0.2, -0.15) is 0 Å². The van der Waals surface area contributed by atoms with Crippen LogP contribution < -0.4 is 10.1 Å². The molecule has 3 heteroatoms. The van der Waals surface area contributed by atoms with Crippen molar-refractivity contribution in [1.29, 1.82) is 0 Å². The van der Waals surface area contributed by atoms with E-state index in [4.69, 9.17) is 16.3 Å². The summed E-state index contributed by atoms with van der Waals surface area (Å²) in [7, 11) is 0. The van der Waals surface area contributed by atoms with Gasteiger partial charge in [0.25, 0.3) is 0 Å². The molecule has 0 amide bonds. The van der Waals surface area contributed by atoms with Gasteiger partial charge in [0.05, 0.1) is 6.61 Å². The molecular weight excluding hydrogens is 282 g/mol. The van der Waals surface area contributed by atoms with Crippen LogP contribution in [0.2, 0.25) is 5.02 Å². The first kappa shape index (κ1) is 14.4. The highest BCUT2D eigenvalue weighted by atomic mass is 35.5. The van der Waals surface area contributed by atoms with E-state index < -0.39 is 0 Å². The summed E-state index contributed by atoms with van der Waals surface area (Å²) >= 11 is 5.95. The van der Waals surface area contributed by atoms with Gasteiger partial charge in [0.15, 0.2) is 0 Å². The number of ether oxygens (including phenoxy) is 1. The van der Waals surface area contributed by atoms with Crippen molar-refractivity contribution in [2.24, 2.45) is 0 Å². The van der Waals surface area contributed by atoms with Gasteiger partial charge in [0.1, 0.15) is 5.75 Å². The molecule has 2 aromatic carbocycles. The van der Waals surface area contributed by atoms with Crippen molar-refractivity contribution in [3.63, 3.8) is 0 Å². The molecule has 0 aliphatic carbocycles. The third kappa shape index (κ3) is 3.39. The Hall–Kier alpha value is -1.51. The lowest BCUT2D eigenvalue weighted by atomic mass is 10.0.